The Balaban J connectivity index is 2.01. The van der Waals surface area contributed by atoms with E-state index in [9.17, 15) is 0 Å². The Labute approximate surface area is 126 Å². The number of hydrogen-bond acceptors (Lipinski definition) is 2. The summed E-state index contributed by atoms with van der Waals surface area (Å²) in [5.41, 5.74) is 7.14. The average molecular weight is 280 g/mol. The van der Waals surface area contributed by atoms with Crippen molar-refractivity contribution in [3.05, 3.63) is 0 Å². The van der Waals surface area contributed by atoms with E-state index in [2.05, 4.69) is 25.8 Å². The first-order valence-electron chi connectivity index (χ1n) is 8.92. The molecule has 0 amide bonds. The van der Waals surface area contributed by atoms with Crippen LogP contribution < -0.4 is 5.73 Å². The van der Waals surface area contributed by atoms with Gasteiger partial charge in [-0.15, -0.1) is 0 Å². The average Bonchev–Trinajstić information content (AvgIpc) is 2.39. The molecule has 0 radical (unpaired) electrons. The van der Waals surface area contributed by atoms with Crippen LogP contribution in [0.15, 0.2) is 0 Å². The lowest BCUT2D eigenvalue weighted by Crippen LogP contribution is -2.57. The van der Waals surface area contributed by atoms with E-state index in [1.54, 1.807) is 0 Å². The highest BCUT2D eigenvalue weighted by molar-refractivity contribution is 4.96. The molecular formula is C18H36N2. The molecule has 20 heavy (non-hydrogen) atoms. The normalized spacial score (nSPS) is 28.1. The van der Waals surface area contributed by atoms with Crippen LogP contribution in [0.3, 0.4) is 0 Å². The monoisotopic (exact) mass is 280 g/mol. The third-order valence-corrected chi connectivity index (χ3v) is 6.27. The molecule has 0 spiro atoms. The minimum absolute atomic E-state index is 0.298. The molecular weight excluding hydrogens is 244 g/mol. The molecule has 0 aliphatic heterocycles. The Bertz CT molecular complexity index is 280. The fraction of sp³-hybridized carbons (Fsp3) is 1.00. The first-order valence-corrected chi connectivity index (χ1v) is 8.92. The van der Waals surface area contributed by atoms with Gasteiger partial charge in [-0.25, -0.2) is 0 Å². The van der Waals surface area contributed by atoms with Crippen molar-refractivity contribution in [2.75, 3.05) is 13.6 Å². The molecule has 2 rings (SSSR count). The maximum atomic E-state index is 6.28. The maximum absolute atomic E-state index is 6.28. The van der Waals surface area contributed by atoms with Gasteiger partial charge in [0.25, 0.3) is 0 Å². The van der Waals surface area contributed by atoms with Gasteiger partial charge in [-0.1, -0.05) is 46.0 Å². The van der Waals surface area contributed by atoms with Crippen molar-refractivity contribution in [1.82, 2.24) is 4.90 Å². The number of rotatable bonds is 3. The fourth-order valence-electron chi connectivity index (χ4n) is 4.42. The fourth-order valence-corrected chi connectivity index (χ4v) is 4.42. The molecule has 2 saturated carbocycles. The van der Waals surface area contributed by atoms with Crippen molar-refractivity contribution in [2.24, 2.45) is 11.1 Å². The Morgan fingerprint density at radius 3 is 1.90 bits per heavy atom. The van der Waals surface area contributed by atoms with Gasteiger partial charge in [0, 0.05) is 18.1 Å². The Morgan fingerprint density at radius 1 is 0.900 bits per heavy atom. The lowest BCUT2D eigenvalue weighted by molar-refractivity contribution is 0.0197. The van der Waals surface area contributed by atoms with Crippen LogP contribution in [0.5, 0.6) is 0 Å². The van der Waals surface area contributed by atoms with Crippen molar-refractivity contribution >= 4 is 0 Å². The minimum atomic E-state index is 0.298. The molecule has 0 aromatic rings. The Hall–Kier alpha value is -0.0800. The van der Waals surface area contributed by atoms with E-state index >= 15 is 0 Å². The van der Waals surface area contributed by atoms with E-state index in [1.807, 2.05) is 0 Å². The van der Waals surface area contributed by atoms with Gasteiger partial charge in [-0.2, -0.15) is 0 Å². The van der Waals surface area contributed by atoms with Crippen LogP contribution in [0.25, 0.3) is 0 Å². The zero-order chi connectivity index (χ0) is 14.6. The molecule has 2 N–H and O–H groups in total. The first-order chi connectivity index (χ1) is 9.49. The summed E-state index contributed by atoms with van der Waals surface area (Å²) in [6.45, 7) is 5.71. The second-order valence-electron chi connectivity index (χ2n) is 8.20. The van der Waals surface area contributed by atoms with Crippen LogP contribution in [-0.2, 0) is 0 Å². The molecule has 2 aliphatic carbocycles. The zero-order valence-corrected chi connectivity index (χ0v) is 14.1. The SMILES string of the molecule is CN(C1CCC(C)(C)CC1)C1(CN)CCCCCCC1. The van der Waals surface area contributed by atoms with Gasteiger partial charge >= 0.3 is 0 Å². The number of nitrogens with zero attached hydrogens (tertiary/aromatic N) is 1. The number of likely N-dealkylation sites (N-methyl/N-ethyl adjacent to an activating group) is 1. The Kier molecular flexibility index (Phi) is 5.53. The molecule has 2 heteroatoms. The second kappa shape index (κ2) is 6.79. The van der Waals surface area contributed by atoms with Crippen LogP contribution in [0.1, 0.15) is 84.5 Å². The predicted octanol–water partition coefficient (Wildman–Crippen LogP) is 4.33. The summed E-state index contributed by atoms with van der Waals surface area (Å²) in [5.74, 6) is 0. The summed E-state index contributed by atoms with van der Waals surface area (Å²) in [6.07, 6.45) is 15.1. The largest absolute Gasteiger partial charge is 0.329 e. The molecule has 0 unspecified atom stereocenters. The lowest BCUT2D eigenvalue weighted by Gasteiger charge is -2.49. The molecule has 2 aliphatic rings. The molecule has 0 bridgehead atoms. The zero-order valence-electron chi connectivity index (χ0n) is 14.1. The molecule has 0 aromatic heterocycles. The summed E-state index contributed by atoms with van der Waals surface area (Å²) >= 11 is 0. The van der Waals surface area contributed by atoms with Gasteiger partial charge in [0.1, 0.15) is 0 Å². The van der Waals surface area contributed by atoms with Crippen LogP contribution in [-0.4, -0.2) is 30.1 Å². The van der Waals surface area contributed by atoms with E-state index < -0.39 is 0 Å². The van der Waals surface area contributed by atoms with Gasteiger partial charge in [-0.3, -0.25) is 4.90 Å². The lowest BCUT2D eigenvalue weighted by atomic mass is 9.73. The molecule has 2 fully saturated rings. The van der Waals surface area contributed by atoms with Crippen LogP contribution in [0, 0.1) is 5.41 Å². The Morgan fingerprint density at radius 2 is 1.40 bits per heavy atom. The van der Waals surface area contributed by atoms with Gasteiger partial charge in [0.05, 0.1) is 0 Å². The minimum Gasteiger partial charge on any atom is -0.329 e. The van der Waals surface area contributed by atoms with Crippen LogP contribution >= 0.6 is 0 Å². The van der Waals surface area contributed by atoms with Crippen molar-refractivity contribution in [1.29, 1.82) is 0 Å². The highest BCUT2D eigenvalue weighted by atomic mass is 15.2. The third-order valence-electron chi connectivity index (χ3n) is 6.27. The van der Waals surface area contributed by atoms with E-state index in [0.29, 0.717) is 11.0 Å². The van der Waals surface area contributed by atoms with Crippen LogP contribution in [0.2, 0.25) is 0 Å². The van der Waals surface area contributed by atoms with Crippen LogP contribution in [0.4, 0.5) is 0 Å². The molecule has 118 valence electrons. The highest BCUT2D eigenvalue weighted by Gasteiger charge is 2.39. The van der Waals surface area contributed by atoms with Crippen molar-refractivity contribution in [3.8, 4) is 0 Å². The topological polar surface area (TPSA) is 29.3 Å². The van der Waals surface area contributed by atoms with Gasteiger partial charge in [0.15, 0.2) is 0 Å². The standard InChI is InChI=1S/C18H36N2/c1-17(2)13-9-16(10-14-17)20(3)18(15-19)11-7-5-4-6-8-12-18/h16H,4-15,19H2,1-3H3. The first kappa shape index (κ1) is 16.3. The smallest absolute Gasteiger partial charge is 0.0331 e. The summed E-state index contributed by atoms with van der Waals surface area (Å²) in [4.78, 5) is 2.72. The van der Waals surface area contributed by atoms with Gasteiger partial charge < -0.3 is 5.73 Å². The van der Waals surface area contributed by atoms with Crippen molar-refractivity contribution in [2.45, 2.75) is 96.1 Å². The summed E-state index contributed by atoms with van der Waals surface area (Å²) in [7, 11) is 2.37. The van der Waals surface area contributed by atoms with Crippen molar-refractivity contribution < 1.29 is 0 Å². The summed E-state index contributed by atoms with van der Waals surface area (Å²) < 4.78 is 0. The van der Waals surface area contributed by atoms with E-state index in [0.717, 1.165) is 12.6 Å². The molecule has 0 atom stereocenters. The van der Waals surface area contributed by atoms with Gasteiger partial charge in [-0.05, 0) is 51.0 Å². The third kappa shape index (κ3) is 3.76. The second-order valence-corrected chi connectivity index (χ2v) is 8.20. The number of nitrogens with two attached hydrogens (primary N) is 1. The highest BCUT2D eigenvalue weighted by Crippen LogP contribution is 2.40. The predicted molar refractivity (Wildman–Crippen MR) is 87.9 cm³/mol. The number of hydrogen-bond donors (Lipinski definition) is 1. The maximum Gasteiger partial charge on any atom is 0.0331 e. The van der Waals surface area contributed by atoms with E-state index in [1.165, 1.54) is 70.6 Å². The van der Waals surface area contributed by atoms with Gasteiger partial charge in [0.2, 0.25) is 0 Å². The molecule has 0 heterocycles. The quantitative estimate of drug-likeness (QED) is 0.834. The summed E-state index contributed by atoms with van der Waals surface area (Å²) in [6, 6.07) is 0.769. The summed E-state index contributed by atoms with van der Waals surface area (Å²) in [5, 5.41) is 0. The van der Waals surface area contributed by atoms with Crippen molar-refractivity contribution in [3.63, 3.8) is 0 Å². The molecule has 0 aromatic carbocycles. The van der Waals surface area contributed by atoms with E-state index in [4.69, 9.17) is 5.73 Å². The molecule has 0 saturated heterocycles. The van der Waals surface area contributed by atoms with E-state index in [-0.39, 0.29) is 0 Å². The molecule has 2 nitrogen and oxygen atoms in total.